The molecule has 3 aromatic heterocycles. The van der Waals surface area contributed by atoms with Gasteiger partial charge in [0.2, 0.25) is 0 Å². The summed E-state index contributed by atoms with van der Waals surface area (Å²) in [5.41, 5.74) is 2.08. The van der Waals surface area contributed by atoms with E-state index in [0.717, 1.165) is 5.69 Å². The van der Waals surface area contributed by atoms with E-state index in [0.29, 0.717) is 22.0 Å². The van der Waals surface area contributed by atoms with Gasteiger partial charge in [0, 0.05) is 24.2 Å². The van der Waals surface area contributed by atoms with Crippen LogP contribution >= 0.6 is 0 Å². The number of rotatable bonds is 7. The lowest BCUT2D eigenvalue weighted by molar-refractivity contribution is 0.0775. The highest BCUT2D eigenvalue weighted by atomic mass is 16.5. The first-order chi connectivity index (χ1) is 17.5. The molecule has 5 rings (SSSR count). The van der Waals surface area contributed by atoms with Crippen molar-refractivity contribution in [3.05, 3.63) is 106 Å². The quantitative estimate of drug-likeness (QED) is 0.355. The van der Waals surface area contributed by atoms with Crippen molar-refractivity contribution in [2.75, 3.05) is 14.2 Å². The minimum absolute atomic E-state index is 0.142. The molecule has 8 nitrogen and oxygen atoms in total. The van der Waals surface area contributed by atoms with Gasteiger partial charge in [0.25, 0.3) is 11.5 Å². The minimum Gasteiger partial charge on any atom is -0.493 e. The van der Waals surface area contributed by atoms with Gasteiger partial charge >= 0.3 is 0 Å². The Bertz CT molecular complexity index is 1640. The molecule has 0 saturated heterocycles. The molecular formula is C28H24N4O4. The second kappa shape index (κ2) is 9.50. The molecule has 0 radical (unpaired) electrons. The standard InChI is InChI=1S/C28H24N4O4/c1-31(16-19-12-8-9-15-29-19)28(35)25-26(36-2)23-24(30-25)20-13-6-7-14-21(20)32(27(23)34)17-22(33)18-10-4-3-5-11-18/h3-15,30H,16-17H2,1-2H3. The number of fused-ring (bicyclic) bond motifs is 3. The Balaban J connectivity index is 1.64. The van der Waals surface area contributed by atoms with Crippen LogP contribution < -0.4 is 10.3 Å². The van der Waals surface area contributed by atoms with E-state index in [1.165, 1.54) is 16.6 Å². The molecule has 0 bridgehead atoms. The van der Waals surface area contributed by atoms with E-state index in [2.05, 4.69) is 9.97 Å². The summed E-state index contributed by atoms with van der Waals surface area (Å²) in [6, 6.07) is 21.6. The smallest absolute Gasteiger partial charge is 0.274 e. The topological polar surface area (TPSA) is 97.3 Å². The number of Topliss-reactive ketones (excluding diaryl/α,β-unsaturated/α-hetero) is 1. The molecule has 2 aromatic carbocycles. The summed E-state index contributed by atoms with van der Waals surface area (Å²) in [6.07, 6.45) is 1.67. The van der Waals surface area contributed by atoms with Gasteiger partial charge in [-0.2, -0.15) is 0 Å². The lowest BCUT2D eigenvalue weighted by atomic mass is 10.1. The van der Waals surface area contributed by atoms with E-state index in [-0.39, 0.29) is 41.6 Å². The normalized spacial score (nSPS) is 11.1. The molecular weight excluding hydrogens is 456 g/mol. The van der Waals surface area contributed by atoms with Gasteiger partial charge in [-0.25, -0.2) is 0 Å². The number of hydrogen-bond donors (Lipinski definition) is 1. The zero-order chi connectivity index (χ0) is 25.2. The van der Waals surface area contributed by atoms with Gasteiger partial charge in [0.1, 0.15) is 11.1 Å². The number of benzene rings is 2. The second-order valence-corrected chi connectivity index (χ2v) is 8.46. The fourth-order valence-corrected chi connectivity index (χ4v) is 4.42. The number of hydrogen-bond acceptors (Lipinski definition) is 5. The molecule has 0 fully saturated rings. The third-order valence-electron chi connectivity index (χ3n) is 6.16. The highest BCUT2D eigenvalue weighted by Crippen LogP contribution is 2.33. The molecule has 8 heteroatoms. The van der Waals surface area contributed by atoms with Crippen molar-refractivity contribution in [3.8, 4) is 5.75 Å². The number of para-hydroxylation sites is 1. The van der Waals surface area contributed by atoms with Crippen LogP contribution in [-0.4, -0.2) is 45.3 Å². The maximum atomic E-state index is 13.8. The molecule has 0 saturated carbocycles. The largest absolute Gasteiger partial charge is 0.493 e. The average Bonchev–Trinajstić information content (AvgIpc) is 3.31. The predicted molar refractivity (Wildman–Crippen MR) is 137 cm³/mol. The van der Waals surface area contributed by atoms with Crippen LogP contribution in [0.15, 0.2) is 83.8 Å². The summed E-state index contributed by atoms with van der Waals surface area (Å²) in [5, 5.41) is 0.935. The summed E-state index contributed by atoms with van der Waals surface area (Å²) >= 11 is 0. The van der Waals surface area contributed by atoms with Crippen molar-refractivity contribution in [2.45, 2.75) is 13.1 Å². The van der Waals surface area contributed by atoms with Crippen molar-refractivity contribution in [1.82, 2.24) is 19.4 Å². The number of carbonyl (C=O) groups excluding carboxylic acids is 2. The number of nitrogens with one attached hydrogen (secondary N) is 1. The van der Waals surface area contributed by atoms with Crippen LogP contribution in [0, 0.1) is 0 Å². The van der Waals surface area contributed by atoms with Crippen LogP contribution in [0.25, 0.3) is 21.8 Å². The molecule has 3 heterocycles. The van der Waals surface area contributed by atoms with Crippen LogP contribution in [0.3, 0.4) is 0 Å². The van der Waals surface area contributed by atoms with Gasteiger partial charge in [-0.1, -0.05) is 54.6 Å². The fourth-order valence-electron chi connectivity index (χ4n) is 4.42. The fraction of sp³-hybridized carbons (Fsp3) is 0.143. The summed E-state index contributed by atoms with van der Waals surface area (Å²) in [7, 11) is 3.09. The third kappa shape index (κ3) is 4.02. The molecule has 0 aliphatic heterocycles. The van der Waals surface area contributed by atoms with Crippen LogP contribution in [0.5, 0.6) is 5.75 Å². The Hall–Kier alpha value is -4.72. The molecule has 5 aromatic rings. The molecule has 1 amide bonds. The Labute approximate surface area is 206 Å². The second-order valence-electron chi connectivity index (χ2n) is 8.46. The monoisotopic (exact) mass is 480 g/mol. The first-order valence-corrected chi connectivity index (χ1v) is 11.4. The number of methoxy groups -OCH3 is 1. The third-order valence-corrected chi connectivity index (χ3v) is 6.16. The molecule has 0 atom stereocenters. The summed E-state index contributed by atoms with van der Waals surface area (Å²) < 4.78 is 7.04. The van der Waals surface area contributed by atoms with Crippen molar-refractivity contribution in [1.29, 1.82) is 0 Å². The van der Waals surface area contributed by atoms with E-state index < -0.39 is 5.56 Å². The maximum Gasteiger partial charge on any atom is 0.274 e. The van der Waals surface area contributed by atoms with Gasteiger partial charge in [0.15, 0.2) is 11.5 Å². The zero-order valence-corrected chi connectivity index (χ0v) is 19.9. The van der Waals surface area contributed by atoms with Crippen LogP contribution in [0.4, 0.5) is 0 Å². The average molecular weight is 481 g/mol. The Morgan fingerprint density at radius 3 is 2.44 bits per heavy atom. The first-order valence-electron chi connectivity index (χ1n) is 11.4. The number of H-pyrrole nitrogens is 1. The predicted octanol–water partition coefficient (Wildman–Crippen LogP) is 4.04. The molecule has 36 heavy (non-hydrogen) atoms. The van der Waals surface area contributed by atoms with Crippen molar-refractivity contribution in [3.63, 3.8) is 0 Å². The van der Waals surface area contributed by atoms with E-state index in [1.54, 1.807) is 43.6 Å². The van der Waals surface area contributed by atoms with E-state index in [1.807, 2.05) is 42.5 Å². The molecule has 0 spiro atoms. The number of nitrogens with zero attached hydrogens (tertiary/aromatic N) is 3. The number of aromatic nitrogens is 3. The van der Waals surface area contributed by atoms with Gasteiger partial charge in [0.05, 0.1) is 36.9 Å². The van der Waals surface area contributed by atoms with Crippen molar-refractivity contribution < 1.29 is 14.3 Å². The van der Waals surface area contributed by atoms with Crippen molar-refractivity contribution >= 4 is 33.5 Å². The van der Waals surface area contributed by atoms with E-state index in [9.17, 15) is 14.4 Å². The first kappa shape index (κ1) is 23.0. The highest BCUT2D eigenvalue weighted by Gasteiger charge is 2.26. The molecule has 0 aliphatic carbocycles. The number of ether oxygens (including phenoxy) is 1. The molecule has 0 unspecified atom stereocenters. The number of aromatic amines is 1. The summed E-state index contributed by atoms with van der Waals surface area (Å²) in [6.45, 7) is 0.144. The SMILES string of the molecule is COc1c(C(=O)N(C)Cc2ccccn2)[nH]c2c1c(=O)n(CC(=O)c1ccccc1)c1ccccc21. The molecule has 0 aliphatic rings. The number of amides is 1. The number of carbonyl (C=O) groups is 2. The van der Waals surface area contributed by atoms with E-state index >= 15 is 0 Å². The molecule has 180 valence electrons. The summed E-state index contributed by atoms with van der Waals surface area (Å²) in [4.78, 5) is 49.1. The van der Waals surface area contributed by atoms with Gasteiger partial charge < -0.3 is 14.6 Å². The van der Waals surface area contributed by atoms with Crippen molar-refractivity contribution in [2.24, 2.45) is 0 Å². The van der Waals surface area contributed by atoms with E-state index in [4.69, 9.17) is 4.74 Å². The zero-order valence-electron chi connectivity index (χ0n) is 19.9. The maximum absolute atomic E-state index is 13.8. The Morgan fingerprint density at radius 2 is 1.72 bits per heavy atom. The number of ketones is 1. The number of pyridine rings is 2. The highest BCUT2D eigenvalue weighted by molar-refractivity contribution is 6.11. The van der Waals surface area contributed by atoms with Gasteiger partial charge in [-0.3, -0.25) is 23.9 Å². The van der Waals surface area contributed by atoms with Crippen LogP contribution in [0.1, 0.15) is 26.5 Å². The Morgan fingerprint density at radius 1 is 1.00 bits per heavy atom. The summed E-state index contributed by atoms with van der Waals surface area (Å²) in [5.74, 6) is -0.383. The lowest BCUT2D eigenvalue weighted by Crippen LogP contribution is -2.27. The van der Waals surface area contributed by atoms with Crippen LogP contribution in [-0.2, 0) is 13.1 Å². The van der Waals surface area contributed by atoms with Gasteiger partial charge in [-0.05, 0) is 18.2 Å². The minimum atomic E-state index is -0.410. The van der Waals surface area contributed by atoms with Crippen LogP contribution in [0.2, 0.25) is 0 Å². The Kier molecular flexibility index (Phi) is 6.08. The van der Waals surface area contributed by atoms with Gasteiger partial charge in [-0.15, -0.1) is 0 Å². The lowest BCUT2D eigenvalue weighted by Gasteiger charge is -2.16. The molecule has 1 N–H and O–H groups in total.